The Morgan fingerprint density at radius 3 is 2.54 bits per heavy atom. The van der Waals surface area contributed by atoms with Gasteiger partial charge in [0.2, 0.25) is 5.89 Å². The molecule has 0 atom stereocenters. The maximum atomic E-state index is 12.3. The smallest absolute Gasteiger partial charge is 0.277 e. The standard InChI is InChI=1S/C19H17ClN2O3S/c1-11-6-12(2)8-14(7-11)18-21-22-19(25-18)26-10-16(23)13-4-5-17(24-3)15(20)9-13/h4-9H,10H2,1-3H3. The van der Waals surface area contributed by atoms with E-state index in [4.69, 9.17) is 20.8 Å². The van der Waals surface area contributed by atoms with E-state index in [-0.39, 0.29) is 11.5 Å². The molecule has 134 valence electrons. The van der Waals surface area contributed by atoms with Crippen molar-refractivity contribution in [2.45, 2.75) is 19.1 Å². The van der Waals surface area contributed by atoms with Gasteiger partial charge in [-0.25, -0.2) is 0 Å². The van der Waals surface area contributed by atoms with E-state index in [1.807, 2.05) is 26.0 Å². The average Bonchev–Trinajstić information content (AvgIpc) is 3.08. The largest absolute Gasteiger partial charge is 0.495 e. The van der Waals surface area contributed by atoms with E-state index in [0.29, 0.717) is 27.4 Å². The molecule has 2 aromatic carbocycles. The molecule has 0 aliphatic heterocycles. The van der Waals surface area contributed by atoms with Crippen molar-refractivity contribution in [3.05, 3.63) is 58.1 Å². The maximum Gasteiger partial charge on any atom is 0.277 e. The van der Waals surface area contributed by atoms with Gasteiger partial charge >= 0.3 is 0 Å². The average molecular weight is 389 g/mol. The van der Waals surface area contributed by atoms with Crippen molar-refractivity contribution in [1.82, 2.24) is 10.2 Å². The predicted octanol–water partition coefficient (Wildman–Crippen LogP) is 4.99. The van der Waals surface area contributed by atoms with Gasteiger partial charge in [-0.05, 0) is 44.2 Å². The van der Waals surface area contributed by atoms with Gasteiger partial charge in [-0.15, -0.1) is 10.2 Å². The number of methoxy groups -OCH3 is 1. The molecule has 0 aliphatic rings. The molecule has 0 spiro atoms. The van der Waals surface area contributed by atoms with Gasteiger partial charge in [0.1, 0.15) is 5.75 Å². The summed E-state index contributed by atoms with van der Waals surface area (Å²) in [5.41, 5.74) is 3.63. The van der Waals surface area contributed by atoms with Gasteiger partial charge in [0, 0.05) is 11.1 Å². The Hall–Kier alpha value is -2.31. The summed E-state index contributed by atoms with van der Waals surface area (Å²) in [4.78, 5) is 12.3. The van der Waals surface area contributed by atoms with Crippen molar-refractivity contribution >= 4 is 29.1 Å². The zero-order valence-electron chi connectivity index (χ0n) is 14.6. The number of rotatable bonds is 6. The summed E-state index contributed by atoms with van der Waals surface area (Å²) in [5, 5.41) is 8.84. The lowest BCUT2D eigenvalue weighted by molar-refractivity contribution is 0.102. The minimum Gasteiger partial charge on any atom is -0.495 e. The third kappa shape index (κ3) is 4.26. The highest BCUT2D eigenvalue weighted by molar-refractivity contribution is 7.99. The second-order valence-electron chi connectivity index (χ2n) is 5.81. The molecular formula is C19H17ClN2O3S. The molecule has 26 heavy (non-hydrogen) atoms. The number of ether oxygens (including phenoxy) is 1. The van der Waals surface area contributed by atoms with Gasteiger partial charge in [-0.1, -0.05) is 40.6 Å². The summed E-state index contributed by atoms with van der Waals surface area (Å²) in [6.45, 7) is 4.03. The van der Waals surface area contributed by atoms with Crippen LogP contribution in [0.15, 0.2) is 46.0 Å². The second-order valence-corrected chi connectivity index (χ2v) is 7.14. The van der Waals surface area contributed by atoms with Crippen molar-refractivity contribution < 1.29 is 13.9 Å². The van der Waals surface area contributed by atoms with Crippen LogP contribution in [0.1, 0.15) is 21.5 Å². The van der Waals surface area contributed by atoms with Crippen molar-refractivity contribution in [2.24, 2.45) is 0 Å². The Labute approximate surface area is 160 Å². The van der Waals surface area contributed by atoms with Gasteiger partial charge in [-0.2, -0.15) is 0 Å². The molecule has 0 fully saturated rings. The van der Waals surface area contributed by atoms with Crippen molar-refractivity contribution in [3.8, 4) is 17.2 Å². The molecule has 0 N–H and O–H groups in total. The number of carbonyl (C=O) groups is 1. The number of Topliss-reactive ketones (excluding diaryl/α,β-unsaturated/α-hetero) is 1. The van der Waals surface area contributed by atoms with Crippen LogP contribution in [0.4, 0.5) is 0 Å². The van der Waals surface area contributed by atoms with Crippen LogP contribution in [0.3, 0.4) is 0 Å². The summed E-state index contributed by atoms with van der Waals surface area (Å²) in [5.74, 6) is 1.08. The van der Waals surface area contributed by atoms with E-state index in [1.165, 1.54) is 18.9 Å². The lowest BCUT2D eigenvalue weighted by Crippen LogP contribution is -2.02. The van der Waals surface area contributed by atoms with Gasteiger partial charge in [0.25, 0.3) is 5.22 Å². The first kappa shape index (κ1) is 18.5. The molecule has 5 nitrogen and oxygen atoms in total. The number of thioether (sulfide) groups is 1. The summed E-state index contributed by atoms with van der Waals surface area (Å²) in [7, 11) is 1.53. The van der Waals surface area contributed by atoms with Gasteiger partial charge in [0.15, 0.2) is 5.78 Å². The quantitative estimate of drug-likeness (QED) is 0.437. The monoisotopic (exact) mass is 388 g/mol. The second kappa shape index (κ2) is 7.93. The number of benzene rings is 2. The Balaban J connectivity index is 1.68. The molecule has 0 bridgehead atoms. The minimum atomic E-state index is -0.0781. The Morgan fingerprint density at radius 2 is 1.88 bits per heavy atom. The Morgan fingerprint density at radius 1 is 1.15 bits per heavy atom. The van der Waals surface area contributed by atoms with E-state index in [2.05, 4.69) is 16.3 Å². The summed E-state index contributed by atoms with van der Waals surface area (Å²) < 4.78 is 10.8. The third-order valence-corrected chi connectivity index (χ3v) is 4.79. The first-order chi connectivity index (χ1) is 12.5. The molecule has 3 aromatic rings. The molecule has 0 aliphatic carbocycles. The van der Waals surface area contributed by atoms with E-state index >= 15 is 0 Å². The van der Waals surface area contributed by atoms with Crippen LogP contribution in [0.2, 0.25) is 5.02 Å². The number of halogens is 1. The number of hydrogen-bond acceptors (Lipinski definition) is 6. The molecule has 0 saturated heterocycles. The van der Waals surface area contributed by atoms with Gasteiger partial charge in [-0.3, -0.25) is 4.79 Å². The van der Waals surface area contributed by atoms with E-state index in [9.17, 15) is 4.79 Å². The Kier molecular flexibility index (Phi) is 5.64. The normalized spacial score (nSPS) is 10.8. The van der Waals surface area contributed by atoms with Crippen molar-refractivity contribution in [1.29, 1.82) is 0 Å². The van der Waals surface area contributed by atoms with Crippen LogP contribution in [0, 0.1) is 13.8 Å². The molecule has 0 saturated carbocycles. The minimum absolute atomic E-state index is 0.0781. The van der Waals surface area contributed by atoms with Crippen molar-refractivity contribution in [3.63, 3.8) is 0 Å². The third-order valence-electron chi connectivity index (χ3n) is 3.68. The first-order valence-corrected chi connectivity index (χ1v) is 9.24. The highest BCUT2D eigenvalue weighted by Gasteiger charge is 2.14. The number of nitrogens with zero attached hydrogens (tertiary/aromatic N) is 2. The molecular weight excluding hydrogens is 372 g/mol. The van der Waals surface area contributed by atoms with Gasteiger partial charge < -0.3 is 9.15 Å². The molecule has 1 aromatic heterocycles. The van der Waals surface area contributed by atoms with Crippen molar-refractivity contribution in [2.75, 3.05) is 12.9 Å². The number of hydrogen-bond donors (Lipinski definition) is 0. The Bertz CT molecular complexity index is 935. The molecule has 1 heterocycles. The first-order valence-electron chi connectivity index (χ1n) is 7.88. The van der Waals surface area contributed by atoms with E-state index in [1.54, 1.807) is 18.2 Å². The fourth-order valence-corrected chi connectivity index (χ4v) is 3.45. The lowest BCUT2D eigenvalue weighted by atomic mass is 10.1. The molecule has 0 unspecified atom stereocenters. The van der Waals surface area contributed by atoms with Crippen LogP contribution >= 0.6 is 23.4 Å². The van der Waals surface area contributed by atoms with Crippen LogP contribution in [-0.4, -0.2) is 28.8 Å². The summed E-state index contributed by atoms with van der Waals surface area (Å²) in [6.07, 6.45) is 0. The zero-order chi connectivity index (χ0) is 18.7. The number of aryl methyl sites for hydroxylation is 2. The topological polar surface area (TPSA) is 65.2 Å². The molecule has 0 amide bonds. The fraction of sp³-hybridized carbons (Fsp3) is 0.211. The maximum absolute atomic E-state index is 12.3. The van der Waals surface area contributed by atoms with E-state index in [0.717, 1.165) is 16.7 Å². The molecule has 3 rings (SSSR count). The number of ketones is 1. The van der Waals surface area contributed by atoms with Crippen LogP contribution < -0.4 is 4.74 Å². The van der Waals surface area contributed by atoms with Crippen LogP contribution in [-0.2, 0) is 0 Å². The van der Waals surface area contributed by atoms with Gasteiger partial charge in [0.05, 0.1) is 17.9 Å². The predicted molar refractivity (Wildman–Crippen MR) is 102 cm³/mol. The summed E-state index contributed by atoms with van der Waals surface area (Å²) in [6, 6.07) is 11.0. The highest BCUT2D eigenvalue weighted by Crippen LogP contribution is 2.27. The molecule has 0 radical (unpaired) electrons. The zero-order valence-corrected chi connectivity index (χ0v) is 16.1. The molecule has 7 heteroatoms. The SMILES string of the molecule is COc1ccc(C(=O)CSc2nnc(-c3cc(C)cc(C)c3)o2)cc1Cl. The summed E-state index contributed by atoms with van der Waals surface area (Å²) >= 11 is 7.26. The number of aromatic nitrogens is 2. The van der Waals surface area contributed by atoms with Crippen LogP contribution in [0.25, 0.3) is 11.5 Å². The highest BCUT2D eigenvalue weighted by atomic mass is 35.5. The van der Waals surface area contributed by atoms with E-state index < -0.39 is 0 Å². The lowest BCUT2D eigenvalue weighted by Gasteiger charge is -2.04. The van der Waals surface area contributed by atoms with Crippen LogP contribution in [0.5, 0.6) is 5.75 Å². The number of carbonyl (C=O) groups excluding carboxylic acids is 1. The fourth-order valence-electron chi connectivity index (χ4n) is 2.53.